The minimum absolute atomic E-state index is 0.0803. The number of carbonyl (C=O) groups is 1. The predicted octanol–water partition coefficient (Wildman–Crippen LogP) is 3.36. The minimum atomic E-state index is -0.273. The first-order chi connectivity index (χ1) is 12.5. The van der Waals surface area contributed by atoms with Gasteiger partial charge in [-0.05, 0) is 55.0 Å². The van der Waals surface area contributed by atoms with E-state index in [0.29, 0.717) is 6.54 Å². The molecule has 4 rings (SSSR count). The molecule has 1 aliphatic heterocycles. The highest BCUT2D eigenvalue weighted by Crippen LogP contribution is 2.36. The van der Waals surface area contributed by atoms with Crippen molar-refractivity contribution in [2.75, 3.05) is 6.54 Å². The van der Waals surface area contributed by atoms with Crippen LogP contribution in [0.2, 0.25) is 0 Å². The van der Waals surface area contributed by atoms with Crippen LogP contribution in [0.25, 0.3) is 0 Å². The van der Waals surface area contributed by atoms with Crippen LogP contribution in [0.3, 0.4) is 0 Å². The van der Waals surface area contributed by atoms with E-state index in [2.05, 4.69) is 17.4 Å². The van der Waals surface area contributed by atoms with Crippen LogP contribution in [0.4, 0.5) is 9.18 Å². The number of halogens is 1. The quantitative estimate of drug-likeness (QED) is 0.870. The lowest BCUT2D eigenvalue weighted by Gasteiger charge is -2.46. The van der Waals surface area contributed by atoms with Crippen LogP contribution in [-0.4, -0.2) is 29.1 Å². The van der Waals surface area contributed by atoms with Crippen LogP contribution < -0.4 is 11.1 Å². The molecular formula is C21H24FN3O. The summed E-state index contributed by atoms with van der Waals surface area (Å²) < 4.78 is 13.4. The van der Waals surface area contributed by atoms with Crippen molar-refractivity contribution in [3.63, 3.8) is 0 Å². The molecule has 1 saturated carbocycles. The second-order valence-corrected chi connectivity index (χ2v) is 7.76. The Morgan fingerprint density at radius 3 is 2.58 bits per heavy atom. The lowest BCUT2D eigenvalue weighted by Crippen LogP contribution is -2.62. The van der Waals surface area contributed by atoms with Crippen LogP contribution in [0.5, 0.6) is 0 Å². The molecule has 26 heavy (non-hydrogen) atoms. The second-order valence-electron chi connectivity index (χ2n) is 7.76. The number of rotatable bonds is 2. The standard InChI is InChI=1S/C21H24FN3O/c1-21(12-17(23)13-21)24-20(26)25-11-10-14-4-2-3-5-18(14)19(25)15-6-8-16(22)9-7-15/h2-9,17,19H,10-13,23H2,1H3,(H,24,26)/t17-,19-,21+/m0/s1. The smallest absolute Gasteiger partial charge is 0.318 e. The van der Waals surface area contributed by atoms with Crippen LogP contribution in [0, 0.1) is 5.82 Å². The topological polar surface area (TPSA) is 58.4 Å². The molecular weight excluding hydrogens is 329 g/mol. The van der Waals surface area contributed by atoms with Crippen LogP contribution in [0.1, 0.15) is 42.5 Å². The van der Waals surface area contributed by atoms with Gasteiger partial charge in [-0.15, -0.1) is 0 Å². The summed E-state index contributed by atoms with van der Waals surface area (Å²) in [6, 6.07) is 14.5. The van der Waals surface area contributed by atoms with Crippen molar-refractivity contribution in [3.05, 3.63) is 71.0 Å². The Bertz CT molecular complexity index is 814. The zero-order valence-corrected chi connectivity index (χ0v) is 14.9. The first-order valence-corrected chi connectivity index (χ1v) is 9.13. The highest BCUT2D eigenvalue weighted by Gasteiger charge is 2.41. The Morgan fingerprint density at radius 2 is 1.88 bits per heavy atom. The maximum absolute atomic E-state index is 13.4. The Balaban J connectivity index is 1.66. The molecule has 1 fully saturated rings. The molecule has 0 bridgehead atoms. The third-order valence-electron chi connectivity index (χ3n) is 5.56. The maximum atomic E-state index is 13.4. The fraction of sp³-hybridized carbons (Fsp3) is 0.381. The van der Waals surface area contributed by atoms with E-state index in [4.69, 9.17) is 5.73 Å². The van der Waals surface area contributed by atoms with E-state index in [9.17, 15) is 9.18 Å². The molecule has 1 aliphatic carbocycles. The molecule has 0 aromatic heterocycles. The van der Waals surface area contributed by atoms with Gasteiger partial charge in [0.15, 0.2) is 0 Å². The van der Waals surface area contributed by atoms with Gasteiger partial charge in [0.05, 0.1) is 6.04 Å². The van der Waals surface area contributed by atoms with Gasteiger partial charge < -0.3 is 16.0 Å². The Morgan fingerprint density at radius 1 is 1.19 bits per heavy atom. The summed E-state index contributed by atoms with van der Waals surface area (Å²) >= 11 is 0. The fourth-order valence-corrected chi connectivity index (χ4v) is 4.32. The number of urea groups is 1. The zero-order chi connectivity index (χ0) is 18.3. The molecule has 0 radical (unpaired) electrons. The summed E-state index contributed by atoms with van der Waals surface area (Å²) in [5, 5.41) is 3.17. The normalized spacial score (nSPS) is 27.4. The molecule has 5 heteroatoms. The van der Waals surface area contributed by atoms with Crippen molar-refractivity contribution in [2.24, 2.45) is 5.73 Å². The molecule has 2 aromatic carbocycles. The van der Waals surface area contributed by atoms with Crippen LogP contribution >= 0.6 is 0 Å². The van der Waals surface area contributed by atoms with Gasteiger partial charge in [0.1, 0.15) is 5.82 Å². The average Bonchev–Trinajstić information content (AvgIpc) is 2.60. The Hall–Kier alpha value is -2.40. The van der Waals surface area contributed by atoms with E-state index in [0.717, 1.165) is 30.4 Å². The number of benzene rings is 2. The maximum Gasteiger partial charge on any atom is 0.318 e. The minimum Gasteiger partial charge on any atom is -0.333 e. The lowest BCUT2D eigenvalue weighted by molar-refractivity contribution is 0.137. The first-order valence-electron chi connectivity index (χ1n) is 9.13. The Kier molecular flexibility index (Phi) is 4.19. The second kappa shape index (κ2) is 6.40. The van der Waals surface area contributed by atoms with Crippen molar-refractivity contribution < 1.29 is 9.18 Å². The largest absolute Gasteiger partial charge is 0.333 e. The summed E-state index contributed by atoms with van der Waals surface area (Å²) in [7, 11) is 0. The number of amides is 2. The molecule has 2 aromatic rings. The van der Waals surface area contributed by atoms with Gasteiger partial charge >= 0.3 is 6.03 Å². The number of nitrogens with zero attached hydrogens (tertiary/aromatic N) is 1. The van der Waals surface area contributed by atoms with Crippen molar-refractivity contribution in [1.82, 2.24) is 10.2 Å². The summed E-state index contributed by atoms with van der Waals surface area (Å²) in [6.45, 7) is 2.67. The van der Waals surface area contributed by atoms with Gasteiger partial charge in [0.25, 0.3) is 0 Å². The number of nitrogens with two attached hydrogens (primary N) is 1. The van der Waals surface area contributed by atoms with Gasteiger partial charge in [0, 0.05) is 18.1 Å². The zero-order valence-electron chi connectivity index (χ0n) is 14.9. The molecule has 4 nitrogen and oxygen atoms in total. The van der Waals surface area contributed by atoms with E-state index in [-0.39, 0.29) is 29.5 Å². The number of hydrogen-bond donors (Lipinski definition) is 2. The molecule has 136 valence electrons. The molecule has 1 atom stereocenters. The third-order valence-corrected chi connectivity index (χ3v) is 5.56. The lowest BCUT2D eigenvalue weighted by atomic mass is 9.74. The van der Waals surface area contributed by atoms with Crippen LogP contribution in [-0.2, 0) is 6.42 Å². The monoisotopic (exact) mass is 353 g/mol. The Labute approximate surface area is 153 Å². The van der Waals surface area contributed by atoms with Crippen molar-refractivity contribution in [2.45, 2.75) is 43.8 Å². The summed E-state index contributed by atoms with van der Waals surface area (Å²) in [4.78, 5) is 14.9. The molecule has 1 heterocycles. The van der Waals surface area contributed by atoms with E-state index < -0.39 is 0 Å². The molecule has 2 amide bonds. The first kappa shape index (κ1) is 17.0. The average molecular weight is 353 g/mol. The van der Waals surface area contributed by atoms with Gasteiger partial charge in [0.2, 0.25) is 0 Å². The van der Waals surface area contributed by atoms with E-state index in [1.54, 1.807) is 12.1 Å². The summed E-state index contributed by atoms with van der Waals surface area (Å²) in [6.07, 6.45) is 2.41. The van der Waals surface area contributed by atoms with Crippen LogP contribution in [0.15, 0.2) is 48.5 Å². The highest BCUT2D eigenvalue weighted by atomic mass is 19.1. The highest BCUT2D eigenvalue weighted by molar-refractivity contribution is 5.77. The number of fused-ring (bicyclic) bond motifs is 1. The SMILES string of the molecule is C[C@]1(NC(=O)N2CCc3ccccc3[C@@H]2c2ccc(F)cc2)C[C@@H](N)C1. The summed E-state index contributed by atoms with van der Waals surface area (Å²) in [5.74, 6) is -0.273. The molecule has 0 saturated heterocycles. The van der Waals surface area contributed by atoms with Gasteiger partial charge in [-0.1, -0.05) is 36.4 Å². The summed E-state index contributed by atoms with van der Waals surface area (Å²) in [5.41, 5.74) is 8.93. The molecule has 0 unspecified atom stereocenters. The van der Waals surface area contributed by atoms with E-state index >= 15 is 0 Å². The predicted molar refractivity (Wildman–Crippen MR) is 99.2 cm³/mol. The number of hydrogen-bond acceptors (Lipinski definition) is 2. The van der Waals surface area contributed by atoms with Crippen molar-refractivity contribution in [3.8, 4) is 0 Å². The van der Waals surface area contributed by atoms with Gasteiger partial charge in [-0.2, -0.15) is 0 Å². The number of carbonyl (C=O) groups excluding carboxylic acids is 1. The molecule has 0 spiro atoms. The van der Waals surface area contributed by atoms with Crippen molar-refractivity contribution in [1.29, 1.82) is 0 Å². The van der Waals surface area contributed by atoms with Gasteiger partial charge in [-0.25, -0.2) is 9.18 Å². The molecule has 3 N–H and O–H groups in total. The van der Waals surface area contributed by atoms with Gasteiger partial charge in [-0.3, -0.25) is 0 Å². The van der Waals surface area contributed by atoms with Crippen molar-refractivity contribution >= 4 is 6.03 Å². The number of nitrogens with one attached hydrogen (secondary N) is 1. The van der Waals surface area contributed by atoms with E-state index in [1.165, 1.54) is 17.7 Å². The molecule has 2 aliphatic rings. The fourth-order valence-electron chi connectivity index (χ4n) is 4.32. The third kappa shape index (κ3) is 3.07. The van der Waals surface area contributed by atoms with E-state index in [1.807, 2.05) is 24.0 Å².